The molecule has 0 aliphatic heterocycles. The smallest absolute Gasteiger partial charge is 0.0793 e. The van der Waals surface area contributed by atoms with Gasteiger partial charge in [0.05, 0.1) is 6.10 Å². The number of hydrogen-bond donors (Lipinski definition) is 0. The van der Waals surface area contributed by atoms with Crippen LogP contribution in [0.5, 0.6) is 0 Å². The van der Waals surface area contributed by atoms with Gasteiger partial charge in [-0.1, -0.05) is 36.9 Å². The lowest BCUT2D eigenvalue weighted by molar-refractivity contribution is 0.119. The Bertz CT molecular complexity index is 248. The fraction of sp³-hybridized carbons (Fsp3) is 0.273. The van der Waals surface area contributed by atoms with E-state index in [1.54, 1.807) is 7.11 Å². The second kappa shape index (κ2) is 4.07. The van der Waals surface area contributed by atoms with Gasteiger partial charge >= 0.3 is 0 Å². The molecule has 1 aromatic rings. The molecule has 0 fully saturated rings. The highest BCUT2D eigenvalue weighted by molar-refractivity contribution is 5.47. The standard InChI is InChI=1S/C11H14O/c1-4-10-5-7-11(8-6-10)9(2)12-3/h4-9H,1H2,2-3H3/t9-/m0/s1. The van der Waals surface area contributed by atoms with Gasteiger partial charge in [0.25, 0.3) is 0 Å². The molecule has 0 aliphatic rings. The summed E-state index contributed by atoms with van der Waals surface area (Å²) in [5.74, 6) is 0. The van der Waals surface area contributed by atoms with Crippen LogP contribution in [0.2, 0.25) is 0 Å². The largest absolute Gasteiger partial charge is 0.377 e. The van der Waals surface area contributed by atoms with Crippen LogP contribution in [-0.4, -0.2) is 7.11 Å². The molecule has 0 radical (unpaired) electrons. The Morgan fingerprint density at radius 3 is 2.33 bits per heavy atom. The van der Waals surface area contributed by atoms with Gasteiger partial charge in [0.1, 0.15) is 0 Å². The Hall–Kier alpha value is -1.08. The predicted octanol–water partition coefficient (Wildman–Crippen LogP) is 3.04. The van der Waals surface area contributed by atoms with Crippen LogP contribution >= 0.6 is 0 Å². The van der Waals surface area contributed by atoms with E-state index in [4.69, 9.17) is 4.74 Å². The average Bonchev–Trinajstić information content (AvgIpc) is 2.17. The summed E-state index contributed by atoms with van der Waals surface area (Å²) in [6.45, 7) is 5.73. The van der Waals surface area contributed by atoms with Gasteiger partial charge in [-0.25, -0.2) is 0 Å². The molecular weight excluding hydrogens is 148 g/mol. The molecule has 0 aromatic heterocycles. The van der Waals surface area contributed by atoms with Crippen LogP contribution in [0.15, 0.2) is 30.8 Å². The van der Waals surface area contributed by atoms with Crippen LogP contribution in [0, 0.1) is 0 Å². The molecule has 0 unspecified atom stereocenters. The number of benzene rings is 1. The van der Waals surface area contributed by atoms with E-state index in [0.717, 1.165) is 5.56 Å². The highest BCUT2D eigenvalue weighted by atomic mass is 16.5. The minimum absolute atomic E-state index is 0.170. The highest BCUT2D eigenvalue weighted by Crippen LogP contribution is 2.16. The Morgan fingerprint density at radius 1 is 1.33 bits per heavy atom. The first-order valence-electron chi connectivity index (χ1n) is 4.03. The maximum Gasteiger partial charge on any atom is 0.0793 e. The van der Waals surface area contributed by atoms with Crippen molar-refractivity contribution in [3.63, 3.8) is 0 Å². The first-order chi connectivity index (χ1) is 5.77. The van der Waals surface area contributed by atoms with Gasteiger partial charge in [-0.05, 0) is 18.1 Å². The predicted molar refractivity (Wildman–Crippen MR) is 52.0 cm³/mol. The maximum atomic E-state index is 5.18. The topological polar surface area (TPSA) is 9.23 Å². The fourth-order valence-corrected chi connectivity index (χ4v) is 1.04. The molecule has 1 heteroatoms. The van der Waals surface area contributed by atoms with Crippen molar-refractivity contribution in [1.29, 1.82) is 0 Å². The summed E-state index contributed by atoms with van der Waals surface area (Å²) >= 11 is 0. The zero-order chi connectivity index (χ0) is 8.97. The Balaban J connectivity index is 2.84. The van der Waals surface area contributed by atoms with E-state index in [2.05, 4.69) is 18.7 Å². The Labute approximate surface area is 73.7 Å². The molecule has 0 saturated carbocycles. The SMILES string of the molecule is C=Cc1ccc([C@H](C)OC)cc1. The van der Waals surface area contributed by atoms with Crippen molar-refractivity contribution in [3.8, 4) is 0 Å². The molecule has 0 amide bonds. The van der Waals surface area contributed by atoms with Gasteiger partial charge in [-0.2, -0.15) is 0 Å². The summed E-state index contributed by atoms with van der Waals surface area (Å²) in [6.07, 6.45) is 2.00. The first kappa shape index (κ1) is 9.01. The van der Waals surface area contributed by atoms with Crippen molar-refractivity contribution in [3.05, 3.63) is 42.0 Å². The third-order valence-corrected chi connectivity index (χ3v) is 2.00. The lowest BCUT2D eigenvalue weighted by Gasteiger charge is -2.09. The molecule has 0 heterocycles. The van der Waals surface area contributed by atoms with E-state index in [1.807, 2.05) is 25.1 Å². The van der Waals surface area contributed by atoms with Crippen molar-refractivity contribution in [2.45, 2.75) is 13.0 Å². The molecule has 1 rings (SSSR count). The van der Waals surface area contributed by atoms with Crippen molar-refractivity contribution in [2.75, 3.05) is 7.11 Å². The van der Waals surface area contributed by atoms with Crippen LogP contribution < -0.4 is 0 Å². The molecule has 0 N–H and O–H groups in total. The minimum Gasteiger partial charge on any atom is -0.377 e. The van der Waals surface area contributed by atoms with Crippen LogP contribution in [-0.2, 0) is 4.74 Å². The molecule has 64 valence electrons. The van der Waals surface area contributed by atoms with Crippen molar-refractivity contribution in [2.24, 2.45) is 0 Å². The summed E-state index contributed by atoms with van der Waals surface area (Å²) < 4.78 is 5.18. The molecule has 0 bridgehead atoms. The van der Waals surface area contributed by atoms with Crippen LogP contribution in [0.1, 0.15) is 24.2 Å². The van der Waals surface area contributed by atoms with Crippen molar-refractivity contribution < 1.29 is 4.74 Å². The number of methoxy groups -OCH3 is 1. The van der Waals surface area contributed by atoms with Gasteiger partial charge in [-0.15, -0.1) is 0 Å². The van der Waals surface area contributed by atoms with Crippen molar-refractivity contribution >= 4 is 6.08 Å². The van der Waals surface area contributed by atoms with E-state index >= 15 is 0 Å². The second-order valence-corrected chi connectivity index (χ2v) is 2.75. The fourth-order valence-electron chi connectivity index (χ4n) is 1.04. The monoisotopic (exact) mass is 162 g/mol. The second-order valence-electron chi connectivity index (χ2n) is 2.75. The quantitative estimate of drug-likeness (QED) is 0.663. The number of hydrogen-bond acceptors (Lipinski definition) is 1. The third kappa shape index (κ3) is 1.95. The summed E-state index contributed by atoms with van der Waals surface area (Å²) in [6, 6.07) is 8.20. The number of rotatable bonds is 3. The maximum absolute atomic E-state index is 5.18. The lowest BCUT2D eigenvalue weighted by Crippen LogP contribution is -1.94. The first-order valence-corrected chi connectivity index (χ1v) is 4.03. The van der Waals surface area contributed by atoms with Crippen molar-refractivity contribution in [1.82, 2.24) is 0 Å². The summed E-state index contributed by atoms with van der Waals surface area (Å²) in [7, 11) is 1.71. The summed E-state index contributed by atoms with van der Waals surface area (Å²) in [5, 5.41) is 0. The molecule has 0 aliphatic carbocycles. The molecule has 1 atom stereocenters. The van der Waals surface area contributed by atoms with Crippen LogP contribution in [0.25, 0.3) is 6.08 Å². The van der Waals surface area contributed by atoms with E-state index in [0.29, 0.717) is 0 Å². The van der Waals surface area contributed by atoms with Gasteiger partial charge < -0.3 is 4.74 Å². The molecule has 0 spiro atoms. The molecule has 1 nitrogen and oxygen atoms in total. The Morgan fingerprint density at radius 2 is 1.92 bits per heavy atom. The molecule has 1 aromatic carbocycles. The molecular formula is C11H14O. The lowest BCUT2D eigenvalue weighted by atomic mass is 10.1. The van der Waals surface area contributed by atoms with E-state index in [-0.39, 0.29) is 6.10 Å². The van der Waals surface area contributed by atoms with E-state index in [1.165, 1.54) is 5.56 Å². The zero-order valence-corrected chi connectivity index (χ0v) is 7.58. The van der Waals surface area contributed by atoms with Gasteiger partial charge in [-0.3, -0.25) is 0 Å². The third-order valence-electron chi connectivity index (χ3n) is 2.00. The van der Waals surface area contributed by atoms with E-state index in [9.17, 15) is 0 Å². The Kier molecular flexibility index (Phi) is 3.06. The normalized spacial score (nSPS) is 12.5. The minimum atomic E-state index is 0.170. The van der Waals surface area contributed by atoms with Crippen LogP contribution in [0.4, 0.5) is 0 Å². The molecule has 12 heavy (non-hydrogen) atoms. The average molecular weight is 162 g/mol. The van der Waals surface area contributed by atoms with Gasteiger partial charge in [0, 0.05) is 7.11 Å². The summed E-state index contributed by atoms with van der Waals surface area (Å²) in [5.41, 5.74) is 2.34. The van der Waals surface area contributed by atoms with Gasteiger partial charge in [0.15, 0.2) is 0 Å². The van der Waals surface area contributed by atoms with Crippen LogP contribution in [0.3, 0.4) is 0 Å². The van der Waals surface area contributed by atoms with E-state index < -0.39 is 0 Å². The van der Waals surface area contributed by atoms with Gasteiger partial charge in [0.2, 0.25) is 0 Å². The highest BCUT2D eigenvalue weighted by Gasteiger charge is 2.01. The number of ether oxygens (including phenoxy) is 1. The summed E-state index contributed by atoms with van der Waals surface area (Å²) in [4.78, 5) is 0. The zero-order valence-electron chi connectivity index (χ0n) is 7.58. The molecule has 0 saturated heterocycles.